The van der Waals surface area contributed by atoms with Crippen molar-refractivity contribution in [1.29, 1.82) is 0 Å². The van der Waals surface area contributed by atoms with E-state index in [1.165, 1.54) is 142 Å². The van der Waals surface area contributed by atoms with E-state index in [4.69, 9.17) is 28.3 Å². The zero-order valence-electron chi connectivity index (χ0n) is 25.6. The summed E-state index contributed by atoms with van der Waals surface area (Å²) in [5.41, 5.74) is 0. The van der Waals surface area contributed by atoms with E-state index in [1.54, 1.807) is 0 Å². The summed E-state index contributed by atoms with van der Waals surface area (Å²) in [6.45, 7) is 4.42. The van der Waals surface area contributed by atoms with Gasteiger partial charge in [0, 0.05) is 30.5 Å². The zero-order chi connectivity index (χ0) is 22.9. The van der Waals surface area contributed by atoms with E-state index in [-0.39, 0.29) is 63.8 Å². The van der Waals surface area contributed by atoms with Crippen LogP contribution >= 0.6 is 23.2 Å². The number of unbranched alkanes of at least 4 members (excludes halogenated alkanes) is 3. The van der Waals surface area contributed by atoms with Gasteiger partial charge in [-0.1, -0.05) is 64.2 Å². The summed E-state index contributed by atoms with van der Waals surface area (Å²) in [5.74, 6) is 1.99. The smallest absolute Gasteiger partial charge is 0.396 e. The van der Waals surface area contributed by atoms with E-state index in [2.05, 4.69) is 4.90 Å². The minimum absolute atomic E-state index is 0. The largest absolute Gasteiger partial charge is 2.00 e. The summed E-state index contributed by atoms with van der Waals surface area (Å²) in [7, 11) is 0. The van der Waals surface area contributed by atoms with Crippen molar-refractivity contribution in [3.05, 3.63) is 29.7 Å². The molecule has 4 aliphatic rings. The standard InChI is InChI=1S/C18H35NO.2C5H9Cl.4CH3.2Fe/c20-14-8-2-1-7-13-19(15-17-9-3-4-10-17)16-18-11-5-6-12-18;2*6-5-3-1-2-4-5;;;;;;/h17-18,20H,1-16H2;2*5H,1-4H2;4*1H3;;/q;;;4*-1;2*+2. The van der Waals surface area contributed by atoms with Gasteiger partial charge in [0.1, 0.15) is 0 Å². The van der Waals surface area contributed by atoms with Gasteiger partial charge in [-0.15, -0.1) is 23.2 Å². The molecule has 1 N–H and O–H groups in total. The van der Waals surface area contributed by atoms with E-state index < -0.39 is 0 Å². The van der Waals surface area contributed by atoms with Crippen LogP contribution in [0.15, 0.2) is 0 Å². The first-order valence-corrected chi connectivity index (χ1v) is 15.2. The third-order valence-corrected chi connectivity index (χ3v) is 8.81. The van der Waals surface area contributed by atoms with Crippen LogP contribution in [0.25, 0.3) is 0 Å². The molecule has 0 heterocycles. The van der Waals surface area contributed by atoms with E-state index >= 15 is 0 Å². The predicted molar refractivity (Wildman–Crippen MR) is 168 cm³/mol. The van der Waals surface area contributed by atoms with Crippen molar-refractivity contribution in [2.24, 2.45) is 11.8 Å². The van der Waals surface area contributed by atoms with Crippen LogP contribution in [0.2, 0.25) is 0 Å². The van der Waals surface area contributed by atoms with Gasteiger partial charge in [0.05, 0.1) is 0 Å². The first-order chi connectivity index (χ1) is 15.7. The summed E-state index contributed by atoms with van der Waals surface area (Å²) in [6, 6.07) is 0. The van der Waals surface area contributed by atoms with Crippen molar-refractivity contribution < 1.29 is 39.2 Å². The Morgan fingerprint density at radius 3 is 1.11 bits per heavy atom. The molecule has 0 aromatic heterocycles. The molecule has 4 fully saturated rings. The average Bonchev–Trinajstić information content (AvgIpc) is 3.59. The van der Waals surface area contributed by atoms with Gasteiger partial charge in [-0.05, 0) is 82.6 Å². The van der Waals surface area contributed by atoms with Gasteiger partial charge in [0.15, 0.2) is 0 Å². The summed E-state index contributed by atoms with van der Waals surface area (Å²) < 4.78 is 0. The van der Waals surface area contributed by atoms with Crippen molar-refractivity contribution in [1.82, 2.24) is 4.90 Å². The van der Waals surface area contributed by atoms with Crippen LogP contribution in [0.4, 0.5) is 0 Å². The van der Waals surface area contributed by atoms with E-state index in [0.29, 0.717) is 17.4 Å². The summed E-state index contributed by atoms with van der Waals surface area (Å²) >= 11 is 11.4. The van der Waals surface area contributed by atoms with Crippen LogP contribution in [0.1, 0.15) is 128 Å². The van der Waals surface area contributed by atoms with Gasteiger partial charge in [-0.25, -0.2) is 0 Å². The maximum absolute atomic E-state index is 8.84. The zero-order valence-corrected chi connectivity index (χ0v) is 29.4. The molecule has 4 saturated carbocycles. The number of rotatable bonds is 10. The fraction of sp³-hybridized carbons (Fsp3) is 0.875. The molecule has 2 nitrogen and oxygen atoms in total. The molecule has 0 aromatic rings. The van der Waals surface area contributed by atoms with Crippen molar-refractivity contribution in [3.63, 3.8) is 0 Å². The Morgan fingerprint density at radius 1 is 0.500 bits per heavy atom. The quantitative estimate of drug-likeness (QED) is 0.109. The molecule has 0 atom stereocenters. The Labute approximate surface area is 272 Å². The van der Waals surface area contributed by atoms with Crippen LogP contribution in [-0.2, 0) is 34.1 Å². The second kappa shape index (κ2) is 33.0. The van der Waals surface area contributed by atoms with Crippen LogP contribution in [-0.4, -0.2) is 47.0 Å². The second-order valence-corrected chi connectivity index (χ2v) is 12.2. The monoisotopic (exact) mass is 661 g/mol. The Balaban J connectivity index is -0.000000170. The number of hydrogen-bond acceptors (Lipinski definition) is 2. The molecule has 6 heteroatoms. The predicted octanol–water partition coefficient (Wildman–Crippen LogP) is 10.4. The van der Waals surface area contributed by atoms with E-state index in [1.807, 2.05) is 0 Å². The van der Waals surface area contributed by atoms with E-state index in [9.17, 15) is 0 Å². The van der Waals surface area contributed by atoms with Crippen molar-refractivity contribution >= 4 is 23.2 Å². The molecular weight excluding hydrogens is 597 g/mol. The molecule has 4 aliphatic carbocycles. The Kier molecular flexibility index (Phi) is 42.8. The number of aliphatic hydroxyl groups excluding tert-OH is 1. The number of alkyl halides is 2. The average molecular weight is 662 g/mol. The van der Waals surface area contributed by atoms with Gasteiger partial charge in [-0.3, -0.25) is 0 Å². The maximum atomic E-state index is 8.84. The second-order valence-electron chi connectivity index (χ2n) is 11.0. The van der Waals surface area contributed by atoms with Gasteiger partial charge < -0.3 is 39.7 Å². The number of hydrogen-bond donors (Lipinski definition) is 1. The van der Waals surface area contributed by atoms with Gasteiger partial charge in [0.25, 0.3) is 0 Å². The van der Waals surface area contributed by atoms with Gasteiger partial charge in [0.2, 0.25) is 0 Å². The number of nitrogens with zero attached hydrogens (tertiary/aromatic N) is 1. The fourth-order valence-corrected chi connectivity index (χ4v) is 6.54. The summed E-state index contributed by atoms with van der Waals surface area (Å²) in [4.78, 5) is 2.80. The third kappa shape index (κ3) is 25.3. The third-order valence-electron chi connectivity index (χ3n) is 7.93. The van der Waals surface area contributed by atoms with Crippen LogP contribution < -0.4 is 0 Å². The molecular formula is C32H65Cl2Fe2NO. The maximum Gasteiger partial charge on any atom is 2.00 e. The molecule has 0 aromatic carbocycles. The number of halogens is 2. The molecule has 0 radical (unpaired) electrons. The first-order valence-electron chi connectivity index (χ1n) is 14.3. The van der Waals surface area contributed by atoms with Gasteiger partial charge >= 0.3 is 34.1 Å². The summed E-state index contributed by atoms with van der Waals surface area (Å²) in [5, 5.41) is 9.88. The molecule has 0 bridgehead atoms. The van der Waals surface area contributed by atoms with Crippen molar-refractivity contribution in [3.8, 4) is 0 Å². The number of aliphatic hydroxyl groups is 1. The van der Waals surface area contributed by atoms with Crippen LogP contribution in [0, 0.1) is 41.5 Å². The SMILES string of the molecule is ClC1CCCC1.ClC1CCCC1.OCCCCCCN(CC1CCCC1)CC1CCCC1.[CH3-].[CH3-].[CH3-].[CH3-].[Fe+2].[Fe+2]. The first kappa shape index (κ1) is 49.2. The molecule has 0 saturated heterocycles. The minimum atomic E-state index is 0. The minimum Gasteiger partial charge on any atom is -0.396 e. The Bertz CT molecular complexity index is 392. The molecule has 38 heavy (non-hydrogen) atoms. The van der Waals surface area contributed by atoms with Crippen LogP contribution in [0.3, 0.4) is 0 Å². The van der Waals surface area contributed by atoms with Crippen molar-refractivity contribution in [2.45, 2.75) is 139 Å². The Morgan fingerprint density at radius 2 is 0.816 bits per heavy atom. The molecule has 234 valence electrons. The van der Waals surface area contributed by atoms with E-state index in [0.717, 1.165) is 18.3 Å². The molecule has 0 unspecified atom stereocenters. The molecule has 0 aliphatic heterocycles. The normalized spacial score (nSPS) is 19.3. The molecule has 4 rings (SSSR count). The molecule has 0 spiro atoms. The topological polar surface area (TPSA) is 23.5 Å². The van der Waals surface area contributed by atoms with Crippen LogP contribution in [0.5, 0.6) is 0 Å². The molecule has 0 amide bonds. The van der Waals surface area contributed by atoms with Gasteiger partial charge in [-0.2, -0.15) is 0 Å². The summed E-state index contributed by atoms with van der Waals surface area (Å²) in [6.07, 6.45) is 27.0. The fourth-order valence-electron chi connectivity index (χ4n) is 5.93. The van der Waals surface area contributed by atoms with Crippen molar-refractivity contribution in [2.75, 3.05) is 26.2 Å². The Hall–Kier alpha value is 1.54.